The molecule has 1 fully saturated rings. The maximum absolute atomic E-state index is 13.9. The third-order valence-corrected chi connectivity index (χ3v) is 6.51. The van der Waals surface area contributed by atoms with Crippen molar-refractivity contribution in [1.82, 2.24) is 24.2 Å². The van der Waals surface area contributed by atoms with E-state index in [9.17, 15) is 14.0 Å². The van der Waals surface area contributed by atoms with Crippen molar-refractivity contribution >= 4 is 28.5 Å². The van der Waals surface area contributed by atoms with Crippen molar-refractivity contribution < 1.29 is 23.5 Å². The van der Waals surface area contributed by atoms with Gasteiger partial charge < -0.3 is 20.1 Å². The van der Waals surface area contributed by atoms with Gasteiger partial charge in [0, 0.05) is 36.3 Å². The summed E-state index contributed by atoms with van der Waals surface area (Å²) < 4.78 is 27.5. The Morgan fingerprint density at radius 2 is 1.79 bits per heavy atom. The van der Waals surface area contributed by atoms with Crippen LogP contribution >= 0.6 is 0 Å². The van der Waals surface area contributed by atoms with Crippen molar-refractivity contribution in [2.75, 3.05) is 32.0 Å². The highest BCUT2D eigenvalue weighted by molar-refractivity contribution is 6.06. The van der Waals surface area contributed by atoms with Gasteiger partial charge in [0.05, 0.1) is 36.8 Å². The standard InChI is InChI=1S/C28H23FN6O4/c29-22-3-1-2-4-24(22)39-25-8-6-20(16-31-25)35-26(30)21(17-32-35)28(37)34-10-9-18-15-19(5-7-23(18)34)27(36)33-11-13-38-14-12-33/h1-10,15-17H,11-14,30H2. The molecule has 39 heavy (non-hydrogen) atoms. The van der Waals surface area contributed by atoms with Crippen LogP contribution in [0.15, 0.2) is 79.3 Å². The summed E-state index contributed by atoms with van der Waals surface area (Å²) in [6, 6.07) is 16.3. The van der Waals surface area contributed by atoms with Crippen LogP contribution in [-0.2, 0) is 4.74 Å². The number of benzene rings is 2. The van der Waals surface area contributed by atoms with Gasteiger partial charge in [-0.3, -0.25) is 14.2 Å². The van der Waals surface area contributed by atoms with Crippen LogP contribution < -0.4 is 10.5 Å². The zero-order valence-electron chi connectivity index (χ0n) is 20.7. The molecule has 0 saturated carbocycles. The molecule has 5 aromatic rings. The van der Waals surface area contributed by atoms with Gasteiger partial charge in [-0.25, -0.2) is 14.1 Å². The van der Waals surface area contributed by atoms with E-state index < -0.39 is 5.82 Å². The van der Waals surface area contributed by atoms with E-state index in [2.05, 4.69) is 10.1 Å². The summed E-state index contributed by atoms with van der Waals surface area (Å²) in [6.45, 7) is 2.15. The first-order valence-electron chi connectivity index (χ1n) is 12.2. The predicted octanol–water partition coefficient (Wildman–Crippen LogP) is 3.90. The van der Waals surface area contributed by atoms with Crippen LogP contribution in [0.5, 0.6) is 11.6 Å². The molecule has 1 amide bonds. The molecule has 0 atom stereocenters. The van der Waals surface area contributed by atoms with Gasteiger partial charge in [-0.15, -0.1) is 0 Å². The summed E-state index contributed by atoms with van der Waals surface area (Å²) in [4.78, 5) is 32.2. The SMILES string of the molecule is Nc1c(C(=O)n2ccc3cc(C(=O)N4CCOCC4)ccc32)cnn1-c1ccc(Oc2ccccc2F)nc1. The summed E-state index contributed by atoms with van der Waals surface area (Å²) in [5.74, 6) is -0.556. The number of carbonyl (C=O) groups excluding carboxylic acids is 2. The average molecular weight is 527 g/mol. The summed E-state index contributed by atoms with van der Waals surface area (Å²) in [5, 5.41) is 5.02. The van der Waals surface area contributed by atoms with E-state index in [1.165, 1.54) is 33.8 Å². The van der Waals surface area contributed by atoms with Gasteiger partial charge in [0.2, 0.25) is 5.88 Å². The van der Waals surface area contributed by atoms with Crippen LogP contribution in [0.3, 0.4) is 0 Å². The Bertz CT molecular complexity index is 1690. The number of nitrogens with zero attached hydrogens (tertiary/aromatic N) is 5. The Labute approximate surface area is 222 Å². The number of para-hydroxylation sites is 1. The number of hydrogen-bond donors (Lipinski definition) is 1. The molecule has 2 aromatic carbocycles. The Morgan fingerprint density at radius 3 is 2.56 bits per heavy atom. The van der Waals surface area contributed by atoms with E-state index in [0.29, 0.717) is 43.1 Å². The first kappa shape index (κ1) is 24.3. The summed E-state index contributed by atoms with van der Waals surface area (Å²) >= 11 is 0. The summed E-state index contributed by atoms with van der Waals surface area (Å²) in [6.07, 6.45) is 4.50. The normalized spacial score (nSPS) is 13.5. The quantitative estimate of drug-likeness (QED) is 0.369. The molecule has 0 aliphatic carbocycles. The lowest BCUT2D eigenvalue weighted by Crippen LogP contribution is -2.40. The van der Waals surface area contributed by atoms with Crippen molar-refractivity contribution in [3.63, 3.8) is 0 Å². The second kappa shape index (κ2) is 10.0. The van der Waals surface area contributed by atoms with Crippen LogP contribution in [0.1, 0.15) is 20.7 Å². The summed E-state index contributed by atoms with van der Waals surface area (Å²) in [7, 11) is 0. The third kappa shape index (κ3) is 4.59. The Kier molecular flexibility index (Phi) is 6.25. The molecule has 4 heterocycles. The van der Waals surface area contributed by atoms with Gasteiger partial charge in [-0.1, -0.05) is 12.1 Å². The highest BCUT2D eigenvalue weighted by atomic mass is 19.1. The number of rotatable bonds is 5. The largest absolute Gasteiger partial charge is 0.436 e. The molecule has 3 aromatic heterocycles. The number of fused-ring (bicyclic) bond motifs is 1. The van der Waals surface area contributed by atoms with Crippen molar-refractivity contribution in [3.8, 4) is 17.3 Å². The molecule has 0 spiro atoms. The van der Waals surface area contributed by atoms with Crippen LogP contribution in [0.2, 0.25) is 0 Å². The first-order valence-corrected chi connectivity index (χ1v) is 12.2. The molecule has 1 saturated heterocycles. The second-order valence-electron chi connectivity index (χ2n) is 8.91. The first-order chi connectivity index (χ1) is 19.0. The van der Waals surface area contributed by atoms with Gasteiger partial charge in [-0.2, -0.15) is 5.10 Å². The van der Waals surface area contributed by atoms with E-state index in [1.807, 2.05) is 0 Å². The molecule has 1 aliphatic heterocycles. The van der Waals surface area contributed by atoms with Crippen molar-refractivity contribution in [2.45, 2.75) is 0 Å². The number of halogens is 1. The number of aromatic nitrogens is 4. The second-order valence-corrected chi connectivity index (χ2v) is 8.91. The molecule has 0 unspecified atom stereocenters. The average Bonchev–Trinajstić information content (AvgIpc) is 3.57. The topological polar surface area (TPSA) is 118 Å². The monoisotopic (exact) mass is 526 g/mol. The van der Waals surface area contributed by atoms with Gasteiger partial charge in [0.25, 0.3) is 11.8 Å². The highest BCUT2D eigenvalue weighted by Crippen LogP contribution is 2.26. The molecule has 0 bridgehead atoms. The Balaban J connectivity index is 1.22. The lowest BCUT2D eigenvalue weighted by atomic mass is 10.1. The molecule has 196 valence electrons. The molecule has 11 heteroatoms. The number of ether oxygens (including phenoxy) is 2. The lowest BCUT2D eigenvalue weighted by Gasteiger charge is -2.26. The molecule has 0 radical (unpaired) electrons. The van der Waals surface area contributed by atoms with Crippen LogP contribution in [0.4, 0.5) is 10.2 Å². The smallest absolute Gasteiger partial charge is 0.267 e. The molecular weight excluding hydrogens is 503 g/mol. The molecule has 6 rings (SSSR count). The number of nitrogens with two attached hydrogens (primary N) is 1. The third-order valence-electron chi connectivity index (χ3n) is 6.51. The van der Waals surface area contributed by atoms with Gasteiger partial charge in [-0.05, 0) is 42.5 Å². The van der Waals surface area contributed by atoms with Crippen LogP contribution in [-0.4, -0.2) is 62.3 Å². The molecule has 10 nitrogen and oxygen atoms in total. The van der Waals surface area contributed by atoms with Crippen molar-refractivity contribution in [2.24, 2.45) is 0 Å². The number of pyridine rings is 1. The number of morpholine rings is 1. The minimum atomic E-state index is -0.500. The Hall–Kier alpha value is -5.03. The number of nitrogen functional groups attached to an aromatic ring is 1. The Morgan fingerprint density at radius 1 is 0.974 bits per heavy atom. The van der Waals surface area contributed by atoms with Gasteiger partial charge in [0.1, 0.15) is 11.4 Å². The fraction of sp³-hybridized carbons (Fsp3) is 0.143. The van der Waals surface area contributed by atoms with E-state index in [1.54, 1.807) is 59.6 Å². The maximum atomic E-state index is 13.9. The predicted molar refractivity (Wildman–Crippen MR) is 141 cm³/mol. The van der Waals surface area contributed by atoms with E-state index in [4.69, 9.17) is 15.2 Å². The van der Waals surface area contributed by atoms with Gasteiger partial charge in [0.15, 0.2) is 11.6 Å². The maximum Gasteiger partial charge on any atom is 0.267 e. The minimum Gasteiger partial charge on any atom is -0.436 e. The van der Waals surface area contributed by atoms with Crippen molar-refractivity contribution in [3.05, 3.63) is 96.2 Å². The van der Waals surface area contributed by atoms with Crippen LogP contribution in [0, 0.1) is 5.82 Å². The number of anilines is 1. The fourth-order valence-electron chi connectivity index (χ4n) is 4.46. The van der Waals surface area contributed by atoms with E-state index >= 15 is 0 Å². The summed E-state index contributed by atoms with van der Waals surface area (Å²) in [5.41, 5.74) is 8.20. The van der Waals surface area contributed by atoms with E-state index in [-0.39, 0.29) is 34.8 Å². The fourth-order valence-corrected chi connectivity index (χ4v) is 4.46. The molecule has 2 N–H and O–H groups in total. The molecular formula is C28H23FN6O4. The van der Waals surface area contributed by atoms with Gasteiger partial charge >= 0.3 is 0 Å². The zero-order chi connectivity index (χ0) is 26.9. The number of amides is 1. The number of hydrogen-bond acceptors (Lipinski definition) is 7. The molecule has 1 aliphatic rings. The van der Waals surface area contributed by atoms with Crippen LogP contribution in [0.25, 0.3) is 16.6 Å². The highest BCUT2D eigenvalue weighted by Gasteiger charge is 2.22. The zero-order valence-corrected chi connectivity index (χ0v) is 20.7. The minimum absolute atomic E-state index is 0.0563. The van der Waals surface area contributed by atoms with E-state index in [0.717, 1.165) is 5.39 Å². The number of carbonyl (C=O) groups is 2. The van der Waals surface area contributed by atoms with Crippen molar-refractivity contribution in [1.29, 1.82) is 0 Å². The lowest BCUT2D eigenvalue weighted by molar-refractivity contribution is 0.0303.